The van der Waals surface area contributed by atoms with E-state index in [4.69, 9.17) is 10.8 Å². The number of carboxylic acid groups (broad SMARTS) is 1. The van der Waals surface area contributed by atoms with Gasteiger partial charge in [-0.15, -0.1) is 0 Å². The lowest BCUT2D eigenvalue weighted by atomic mass is 10.0. The Morgan fingerprint density at radius 1 is 1.30 bits per heavy atom. The lowest BCUT2D eigenvalue weighted by Crippen LogP contribution is -2.45. The number of benzene rings is 1. The van der Waals surface area contributed by atoms with Crippen LogP contribution >= 0.6 is 0 Å². The number of carbonyl (C=O) groups excluding carboxylic acids is 1. The van der Waals surface area contributed by atoms with E-state index >= 15 is 0 Å². The van der Waals surface area contributed by atoms with Gasteiger partial charge in [-0.3, -0.25) is 9.59 Å². The molecule has 0 saturated heterocycles. The minimum Gasteiger partial charge on any atom is -0.481 e. The maximum Gasteiger partial charge on any atom is 0.310 e. The molecule has 1 aliphatic rings. The van der Waals surface area contributed by atoms with Crippen LogP contribution in [0.15, 0.2) is 42.5 Å². The highest BCUT2D eigenvalue weighted by atomic mass is 16.4. The number of nitrogens with two attached hydrogens (primary N) is 1. The number of hydrogen-bond donors (Lipinski definition) is 3. The molecule has 0 fully saturated rings. The fourth-order valence-electron chi connectivity index (χ4n) is 2.24. The SMILES string of the molecule is N[C@H](Cc1ccccc1)C(=O)NC1C=CC(C(=O)O)C1. The average Bonchev–Trinajstić information content (AvgIpc) is 2.88. The third kappa shape index (κ3) is 3.68. The number of carboxylic acids is 1. The normalized spacial score (nSPS) is 22.4. The Labute approximate surface area is 117 Å². The molecule has 0 spiro atoms. The number of hydrogen-bond acceptors (Lipinski definition) is 3. The summed E-state index contributed by atoms with van der Waals surface area (Å²) in [4.78, 5) is 22.8. The van der Waals surface area contributed by atoms with Crippen LogP contribution in [0.4, 0.5) is 0 Å². The monoisotopic (exact) mass is 274 g/mol. The summed E-state index contributed by atoms with van der Waals surface area (Å²) in [5.41, 5.74) is 6.87. The van der Waals surface area contributed by atoms with Crippen molar-refractivity contribution in [3.05, 3.63) is 48.0 Å². The molecule has 0 aliphatic heterocycles. The van der Waals surface area contributed by atoms with Gasteiger partial charge in [0.2, 0.25) is 5.91 Å². The molecule has 0 heterocycles. The summed E-state index contributed by atoms with van der Waals surface area (Å²) in [6.45, 7) is 0. The summed E-state index contributed by atoms with van der Waals surface area (Å²) in [6, 6.07) is 8.67. The molecule has 4 N–H and O–H groups in total. The van der Waals surface area contributed by atoms with Crippen molar-refractivity contribution >= 4 is 11.9 Å². The summed E-state index contributed by atoms with van der Waals surface area (Å²) in [7, 11) is 0. The maximum absolute atomic E-state index is 12.0. The van der Waals surface area contributed by atoms with E-state index in [1.54, 1.807) is 12.2 Å². The molecule has 1 aliphatic carbocycles. The molecule has 3 atom stereocenters. The molecule has 5 nitrogen and oxygen atoms in total. The standard InChI is InChI=1S/C15H18N2O3/c16-13(8-10-4-2-1-3-5-10)14(18)17-12-7-6-11(9-12)15(19)20/h1-7,11-13H,8-9,16H2,(H,17,18)(H,19,20)/t11?,12?,13-/m1/s1. The lowest BCUT2D eigenvalue weighted by Gasteiger charge is -2.16. The third-order valence-corrected chi connectivity index (χ3v) is 3.36. The minimum absolute atomic E-state index is 0.245. The summed E-state index contributed by atoms with van der Waals surface area (Å²) in [5, 5.41) is 11.7. The van der Waals surface area contributed by atoms with Gasteiger partial charge in [0.1, 0.15) is 0 Å². The Hall–Kier alpha value is -2.14. The topological polar surface area (TPSA) is 92.4 Å². The molecule has 0 bridgehead atoms. The van der Waals surface area contributed by atoms with Gasteiger partial charge in [-0.2, -0.15) is 0 Å². The summed E-state index contributed by atoms with van der Waals surface area (Å²) < 4.78 is 0. The fourth-order valence-corrected chi connectivity index (χ4v) is 2.24. The molecule has 1 amide bonds. The van der Waals surface area contributed by atoms with Crippen LogP contribution in [0.25, 0.3) is 0 Å². The molecule has 1 aromatic carbocycles. The molecule has 106 valence electrons. The van der Waals surface area contributed by atoms with Crippen LogP contribution in [0.2, 0.25) is 0 Å². The van der Waals surface area contributed by atoms with Gasteiger partial charge in [0.25, 0.3) is 0 Å². The van der Waals surface area contributed by atoms with E-state index in [1.807, 2.05) is 30.3 Å². The molecule has 0 radical (unpaired) electrons. The minimum atomic E-state index is -0.869. The quantitative estimate of drug-likeness (QED) is 0.689. The molecule has 2 unspecified atom stereocenters. The van der Waals surface area contributed by atoms with Crippen LogP contribution in [-0.2, 0) is 16.0 Å². The van der Waals surface area contributed by atoms with Crippen molar-refractivity contribution in [2.75, 3.05) is 0 Å². The molecule has 1 aromatic rings. The second-order valence-electron chi connectivity index (χ2n) is 4.98. The second kappa shape index (κ2) is 6.34. The number of amides is 1. The van der Waals surface area contributed by atoms with Gasteiger partial charge in [0.15, 0.2) is 0 Å². The zero-order valence-corrected chi connectivity index (χ0v) is 11.0. The molecule has 20 heavy (non-hydrogen) atoms. The van der Waals surface area contributed by atoms with Crippen molar-refractivity contribution in [1.29, 1.82) is 0 Å². The largest absolute Gasteiger partial charge is 0.481 e. The third-order valence-electron chi connectivity index (χ3n) is 3.36. The number of rotatable bonds is 5. The predicted octanol–water partition coefficient (Wildman–Crippen LogP) is 0.702. The van der Waals surface area contributed by atoms with E-state index in [1.165, 1.54) is 0 Å². The summed E-state index contributed by atoms with van der Waals surface area (Å²) >= 11 is 0. The van der Waals surface area contributed by atoms with Crippen molar-refractivity contribution in [2.24, 2.45) is 11.7 Å². The fraction of sp³-hybridized carbons (Fsp3) is 0.333. The zero-order chi connectivity index (χ0) is 14.5. The van der Waals surface area contributed by atoms with Gasteiger partial charge in [-0.1, -0.05) is 42.5 Å². The lowest BCUT2D eigenvalue weighted by molar-refractivity contribution is -0.140. The molecule has 2 rings (SSSR count). The predicted molar refractivity (Wildman–Crippen MR) is 74.9 cm³/mol. The van der Waals surface area contributed by atoms with Crippen molar-refractivity contribution in [1.82, 2.24) is 5.32 Å². The second-order valence-corrected chi connectivity index (χ2v) is 4.98. The Kier molecular flexibility index (Phi) is 4.53. The van der Waals surface area contributed by atoms with E-state index in [0.717, 1.165) is 5.56 Å². The Morgan fingerprint density at radius 2 is 2.00 bits per heavy atom. The van der Waals surface area contributed by atoms with E-state index in [-0.39, 0.29) is 11.9 Å². The van der Waals surface area contributed by atoms with Gasteiger partial charge in [-0.05, 0) is 18.4 Å². The number of nitrogens with one attached hydrogen (secondary N) is 1. The van der Waals surface area contributed by atoms with E-state index in [2.05, 4.69) is 5.32 Å². The van der Waals surface area contributed by atoms with E-state index < -0.39 is 17.9 Å². The van der Waals surface area contributed by atoms with Crippen LogP contribution in [0, 0.1) is 5.92 Å². The van der Waals surface area contributed by atoms with Crippen molar-refractivity contribution in [2.45, 2.75) is 24.9 Å². The van der Waals surface area contributed by atoms with Gasteiger partial charge in [-0.25, -0.2) is 0 Å². The first-order valence-electron chi connectivity index (χ1n) is 6.57. The smallest absolute Gasteiger partial charge is 0.310 e. The van der Waals surface area contributed by atoms with Crippen molar-refractivity contribution < 1.29 is 14.7 Å². The number of carbonyl (C=O) groups is 2. The highest BCUT2D eigenvalue weighted by molar-refractivity contribution is 5.82. The Bertz CT molecular complexity index is 513. The van der Waals surface area contributed by atoms with Crippen LogP contribution in [0.1, 0.15) is 12.0 Å². The van der Waals surface area contributed by atoms with Crippen molar-refractivity contribution in [3.8, 4) is 0 Å². The zero-order valence-electron chi connectivity index (χ0n) is 11.0. The van der Waals surface area contributed by atoms with Crippen LogP contribution < -0.4 is 11.1 Å². The van der Waals surface area contributed by atoms with Gasteiger partial charge >= 0.3 is 5.97 Å². The highest BCUT2D eigenvalue weighted by Gasteiger charge is 2.26. The Morgan fingerprint density at radius 3 is 2.60 bits per heavy atom. The average molecular weight is 274 g/mol. The van der Waals surface area contributed by atoms with Gasteiger partial charge < -0.3 is 16.2 Å². The molecule has 5 heteroatoms. The maximum atomic E-state index is 12.0. The molecule has 0 saturated carbocycles. The summed E-state index contributed by atoms with van der Waals surface area (Å²) in [5.74, 6) is -1.65. The first kappa shape index (κ1) is 14.3. The van der Waals surface area contributed by atoms with E-state index in [9.17, 15) is 9.59 Å². The molecular formula is C15H18N2O3. The van der Waals surface area contributed by atoms with Crippen molar-refractivity contribution in [3.63, 3.8) is 0 Å². The molecular weight excluding hydrogens is 256 g/mol. The highest BCUT2D eigenvalue weighted by Crippen LogP contribution is 2.18. The van der Waals surface area contributed by atoms with Crippen LogP contribution in [-0.4, -0.2) is 29.1 Å². The van der Waals surface area contributed by atoms with Crippen LogP contribution in [0.3, 0.4) is 0 Å². The first-order chi connectivity index (χ1) is 9.56. The molecule has 0 aromatic heterocycles. The van der Waals surface area contributed by atoms with E-state index in [0.29, 0.717) is 12.8 Å². The van der Waals surface area contributed by atoms with Crippen LogP contribution in [0.5, 0.6) is 0 Å². The van der Waals surface area contributed by atoms with Gasteiger partial charge in [0.05, 0.1) is 12.0 Å². The first-order valence-corrected chi connectivity index (χ1v) is 6.57. The summed E-state index contributed by atoms with van der Waals surface area (Å²) in [6.07, 6.45) is 4.17. The van der Waals surface area contributed by atoms with Gasteiger partial charge in [0, 0.05) is 6.04 Å². The Balaban J connectivity index is 1.83. The number of aliphatic carboxylic acids is 1.